The molecule has 0 radical (unpaired) electrons. The van der Waals surface area contributed by atoms with Crippen molar-refractivity contribution in [3.63, 3.8) is 0 Å². The Hall–Kier alpha value is -3.40. The number of hydrogen-bond donors (Lipinski definition) is 2. The van der Waals surface area contributed by atoms with Gasteiger partial charge in [-0.05, 0) is 43.0 Å². The van der Waals surface area contributed by atoms with Crippen LogP contribution in [0.25, 0.3) is 5.69 Å². The molecule has 2 unspecified atom stereocenters. The fourth-order valence-electron chi connectivity index (χ4n) is 4.94. The number of urea groups is 1. The van der Waals surface area contributed by atoms with Crippen LogP contribution < -0.4 is 10.6 Å². The smallest absolute Gasteiger partial charge is 0.333 e. The van der Waals surface area contributed by atoms with Crippen LogP contribution in [0.3, 0.4) is 0 Å². The maximum Gasteiger partial charge on any atom is 0.401 e. The number of alkyl halides is 3. The zero-order chi connectivity index (χ0) is 23.7. The van der Waals surface area contributed by atoms with E-state index in [-0.39, 0.29) is 19.0 Å². The van der Waals surface area contributed by atoms with Gasteiger partial charge in [0.05, 0.1) is 24.0 Å². The van der Waals surface area contributed by atoms with E-state index in [1.165, 1.54) is 4.90 Å². The zero-order valence-electron chi connectivity index (χ0n) is 18.4. The molecule has 10 heteroatoms. The second kappa shape index (κ2) is 9.09. The largest absolute Gasteiger partial charge is 0.401 e. The van der Waals surface area contributed by atoms with Gasteiger partial charge in [0.1, 0.15) is 5.82 Å². The number of carbonyl (C=O) groups is 1. The van der Waals surface area contributed by atoms with Gasteiger partial charge in [0.2, 0.25) is 0 Å². The number of nitrogens with zero attached hydrogens (tertiary/aromatic N) is 4. The van der Waals surface area contributed by atoms with E-state index in [9.17, 15) is 18.0 Å². The summed E-state index contributed by atoms with van der Waals surface area (Å²) in [4.78, 5) is 18.5. The number of benzene rings is 1. The van der Waals surface area contributed by atoms with Crippen LogP contribution in [-0.2, 0) is 12.8 Å². The number of aryl methyl sites for hydroxylation is 1. The number of nitrogens with one attached hydrogen (secondary N) is 2. The molecule has 5 rings (SSSR count). The highest BCUT2D eigenvalue weighted by molar-refractivity contribution is 5.90. The molecule has 1 saturated heterocycles. The van der Waals surface area contributed by atoms with Gasteiger partial charge in [-0.3, -0.25) is 15.2 Å². The summed E-state index contributed by atoms with van der Waals surface area (Å²) in [5.74, 6) is 0.311. The van der Waals surface area contributed by atoms with Crippen molar-refractivity contribution < 1.29 is 18.0 Å². The Balaban J connectivity index is 1.36. The lowest BCUT2D eigenvalue weighted by atomic mass is 9.96. The Morgan fingerprint density at radius 3 is 2.65 bits per heavy atom. The molecule has 1 aromatic carbocycles. The summed E-state index contributed by atoms with van der Waals surface area (Å²) in [7, 11) is 0. The molecule has 2 N–H and O–H groups in total. The highest BCUT2D eigenvalue weighted by atomic mass is 19.4. The van der Waals surface area contributed by atoms with Gasteiger partial charge in [0.15, 0.2) is 0 Å². The highest BCUT2D eigenvalue weighted by Crippen LogP contribution is 2.32. The first kappa shape index (κ1) is 22.4. The van der Waals surface area contributed by atoms with Crippen molar-refractivity contribution in [2.75, 3.05) is 25.0 Å². The molecule has 34 heavy (non-hydrogen) atoms. The Labute approximate surface area is 195 Å². The third kappa shape index (κ3) is 4.77. The Morgan fingerprint density at radius 2 is 1.91 bits per heavy atom. The normalized spacial score (nSPS) is 20.3. The molecule has 0 spiro atoms. The Morgan fingerprint density at radius 1 is 1.09 bits per heavy atom. The predicted molar refractivity (Wildman–Crippen MR) is 121 cm³/mol. The summed E-state index contributed by atoms with van der Waals surface area (Å²) in [5.41, 5.74) is 3.60. The number of para-hydroxylation sites is 1. The van der Waals surface area contributed by atoms with Crippen molar-refractivity contribution in [1.82, 2.24) is 25.0 Å². The van der Waals surface area contributed by atoms with Crippen molar-refractivity contribution in [1.29, 1.82) is 0 Å². The lowest BCUT2D eigenvalue weighted by molar-refractivity contribution is -0.143. The molecule has 3 aromatic rings. The van der Waals surface area contributed by atoms with Gasteiger partial charge in [0, 0.05) is 37.0 Å². The van der Waals surface area contributed by atoms with Crippen LogP contribution in [0.5, 0.6) is 0 Å². The minimum Gasteiger partial charge on any atom is -0.333 e. The number of pyridine rings is 1. The number of aromatic nitrogens is 3. The standard InChI is InChI=1S/C24H25F3N6O/c25-24(26,27)15-32-13-19(16-6-5-11-28-12-16)21(14-32)29-23(34)30-22-18-9-4-10-20(18)31-33(22)17-7-2-1-3-8-17/h1-3,5-8,11-12,19,21H,4,9-10,13-15H2,(H2,29,30,34). The molecule has 1 fully saturated rings. The van der Waals surface area contributed by atoms with Gasteiger partial charge in [-0.25, -0.2) is 9.48 Å². The molecule has 2 atom stereocenters. The van der Waals surface area contributed by atoms with Crippen LogP contribution in [0.4, 0.5) is 23.8 Å². The van der Waals surface area contributed by atoms with E-state index in [1.807, 2.05) is 36.4 Å². The quantitative estimate of drug-likeness (QED) is 0.593. The van der Waals surface area contributed by atoms with Crippen molar-refractivity contribution in [2.45, 2.75) is 37.4 Å². The average molecular weight is 470 g/mol. The third-order valence-corrected chi connectivity index (χ3v) is 6.37. The molecule has 2 aromatic heterocycles. The second-order valence-electron chi connectivity index (χ2n) is 8.78. The van der Waals surface area contributed by atoms with Crippen LogP contribution in [0.1, 0.15) is 29.2 Å². The third-order valence-electron chi connectivity index (χ3n) is 6.37. The average Bonchev–Trinajstić information content (AvgIpc) is 3.50. The van der Waals surface area contributed by atoms with Crippen LogP contribution >= 0.6 is 0 Å². The summed E-state index contributed by atoms with van der Waals surface area (Å²) >= 11 is 0. The molecule has 3 heterocycles. The summed E-state index contributed by atoms with van der Waals surface area (Å²) < 4.78 is 40.9. The fourth-order valence-corrected chi connectivity index (χ4v) is 4.94. The summed E-state index contributed by atoms with van der Waals surface area (Å²) in [6.07, 6.45) is 1.60. The SMILES string of the molecule is O=C(Nc1c2c(nn1-c1ccccc1)CCC2)NC1CN(CC(F)(F)F)CC1c1cccnc1. The number of fused-ring (bicyclic) bond motifs is 1. The number of likely N-dealkylation sites (tertiary alicyclic amines) is 1. The van der Waals surface area contributed by atoms with Gasteiger partial charge < -0.3 is 5.32 Å². The van der Waals surface area contributed by atoms with E-state index in [0.717, 1.165) is 41.8 Å². The number of carbonyl (C=O) groups excluding carboxylic acids is 1. The molecule has 2 aliphatic rings. The number of rotatable bonds is 5. The molecule has 178 valence electrons. The monoisotopic (exact) mass is 470 g/mol. The molecule has 2 amide bonds. The highest BCUT2D eigenvalue weighted by Gasteiger charge is 2.40. The topological polar surface area (TPSA) is 75.1 Å². The maximum atomic E-state index is 13.1. The first-order valence-corrected chi connectivity index (χ1v) is 11.3. The van der Waals surface area contributed by atoms with Crippen molar-refractivity contribution in [3.8, 4) is 5.69 Å². The number of halogens is 3. The Bertz CT molecular complexity index is 1150. The molecular formula is C24H25F3N6O. The Kier molecular flexibility index (Phi) is 5.99. The summed E-state index contributed by atoms with van der Waals surface area (Å²) in [6.45, 7) is -0.728. The van der Waals surface area contributed by atoms with Crippen LogP contribution in [-0.4, -0.2) is 57.5 Å². The number of amides is 2. The lowest BCUT2D eigenvalue weighted by Crippen LogP contribution is -2.43. The van der Waals surface area contributed by atoms with E-state index in [2.05, 4.69) is 15.6 Å². The van der Waals surface area contributed by atoms with E-state index in [0.29, 0.717) is 5.82 Å². The minimum atomic E-state index is -4.31. The molecule has 0 saturated carbocycles. The zero-order valence-corrected chi connectivity index (χ0v) is 18.4. The molecule has 1 aliphatic heterocycles. The maximum absolute atomic E-state index is 13.1. The number of hydrogen-bond acceptors (Lipinski definition) is 4. The molecule has 0 bridgehead atoms. The van der Waals surface area contributed by atoms with Crippen LogP contribution in [0, 0.1) is 0 Å². The van der Waals surface area contributed by atoms with Crippen molar-refractivity contribution in [3.05, 3.63) is 71.7 Å². The number of anilines is 1. The van der Waals surface area contributed by atoms with Gasteiger partial charge in [-0.2, -0.15) is 18.3 Å². The van der Waals surface area contributed by atoms with Gasteiger partial charge in [-0.15, -0.1) is 0 Å². The van der Waals surface area contributed by atoms with E-state index in [4.69, 9.17) is 5.10 Å². The van der Waals surface area contributed by atoms with Gasteiger partial charge >= 0.3 is 12.2 Å². The van der Waals surface area contributed by atoms with E-state index >= 15 is 0 Å². The predicted octanol–water partition coefficient (Wildman–Crippen LogP) is 3.91. The van der Waals surface area contributed by atoms with E-state index < -0.39 is 24.8 Å². The first-order valence-electron chi connectivity index (χ1n) is 11.3. The van der Waals surface area contributed by atoms with Crippen LogP contribution in [0.2, 0.25) is 0 Å². The molecule has 7 nitrogen and oxygen atoms in total. The summed E-state index contributed by atoms with van der Waals surface area (Å²) in [6, 6.07) is 12.2. The first-order chi connectivity index (χ1) is 16.4. The fraction of sp³-hybridized carbons (Fsp3) is 0.375. The lowest BCUT2D eigenvalue weighted by Gasteiger charge is -2.21. The second-order valence-corrected chi connectivity index (χ2v) is 8.78. The molecular weight excluding hydrogens is 445 g/mol. The van der Waals surface area contributed by atoms with Gasteiger partial charge in [0.25, 0.3) is 0 Å². The van der Waals surface area contributed by atoms with Gasteiger partial charge in [-0.1, -0.05) is 24.3 Å². The molecule has 1 aliphatic carbocycles. The summed E-state index contributed by atoms with van der Waals surface area (Å²) in [5, 5.41) is 10.6. The van der Waals surface area contributed by atoms with Crippen LogP contribution in [0.15, 0.2) is 54.9 Å². The van der Waals surface area contributed by atoms with Crippen molar-refractivity contribution >= 4 is 11.8 Å². The minimum absolute atomic E-state index is 0.0997. The van der Waals surface area contributed by atoms with E-state index in [1.54, 1.807) is 23.1 Å². The van der Waals surface area contributed by atoms with Crippen molar-refractivity contribution in [2.24, 2.45) is 0 Å².